The molecule has 0 radical (unpaired) electrons. The van der Waals surface area contributed by atoms with Gasteiger partial charge in [-0.15, -0.1) is 11.8 Å². The van der Waals surface area contributed by atoms with Crippen molar-refractivity contribution in [2.45, 2.75) is 16.3 Å². The van der Waals surface area contributed by atoms with Crippen LogP contribution in [0, 0.1) is 10.1 Å². The largest absolute Gasteiger partial charge is 0.290 e. The van der Waals surface area contributed by atoms with Gasteiger partial charge in [0.2, 0.25) is 10.0 Å². The van der Waals surface area contributed by atoms with E-state index in [9.17, 15) is 18.5 Å². The topological polar surface area (TPSA) is 80.5 Å². The highest BCUT2D eigenvalue weighted by Crippen LogP contribution is 2.29. The maximum absolute atomic E-state index is 12.7. The summed E-state index contributed by atoms with van der Waals surface area (Å²) in [7, 11) is -2.63. The maximum atomic E-state index is 12.7. The molecule has 6 nitrogen and oxygen atoms in total. The van der Waals surface area contributed by atoms with E-state index in [0.717, 1.165) is 26.9 Å². The van der Waals surface area contributed by atoms with Gasteiger partial charge in [-0.1, -0.05) is 23.7 Å². The van der Waals surface area contributed by atoms with Crippen molar-refractivity contribution in [2.75, 3.05) is 13.3 Å². The molecule has 0 amide bonds. The van der Waals surface area contributed by atoms with E-state index < -0.39 is 20.6 Å². The molecule has 128 valence electrons. The molecular formula is C15H15ClN2O4S2. The predicted molar refractivity (Wildman–Crippen MR) is 95.0 cm³/mol. The zero-order valence-electron chi connectivity index (χ0n) is 13.0. The van der Waals surface area contributed by atoms with Gasteiger partial charge in [0.15, 0.2) is 4.90 Å². The predicted octanol–water partition coefficient (Wildman–Crippen LogP) is 3.79. The molecule has 0 aliphatic rings. The second kappa shape index (κ2) is 7.52. The summed E-state index contributed by atoms with van der Waals surface area (Å²) in [4.78, 5) is 11.1. The molecule has 0 N–H and O–H groups in total. The summed E-state index contributed by atoms with van der Waals surface area (Å²) < 4.78 is 26.4. The molecule has 0 spiro atoms. The molecule has 2 aromatic rings. The number of nitro benzene ring substituents is 1. The van der Waals surface area contributed by atoms with Crippen molar-refractivity contribution in [1.29, 1.82) is 0 Å². The van der Waals surface area contributed by atoms with E-state index in [-0.39, 0.29) is 16.5 Å². The van der Waals surface area contributed by atoms with E-state index in [1.807, 2.05) is 30.5 Å². The molecule has 0 aliphatic carbocycles. The fraction of sp³-hybridized carbons (Fsp3) is 0.200. The van der Waals surface area contributed by atoms with Crippen molar-refractivity contribution in [3.8, 4) is 0 Å². The molecule has 0 fully saturated rings. The third-order valence-corrected chi connectivity index (χ3v) is 6.20. The Morgan fingerprint density at radius 1 is 1.21 bits per heavy atom. The Balaban J connectivity index is 2.33. The molecule has 0 saturated carbocycles. The summed E-state index contributed by atoms with van der Waals surface area (Å²) >= 11 is 7.32. The van der Waals surface area contributed by atoms with Crippen LogP contribution in [0.3, 0.4) is 0 Å². The van der Waals surface area contributed by atoms with Crippen LogP contribution in [0.4, 0.5) is 5.69 Å². The van der Waals surface area contributed by atoms with Crippen LogP contribution in [0.5, 0.6) is 0 Å². The Morgan fingerprint density at radius 3 is 2.38 bits per heavy atom. The van der Waals surface area contributed by atoms with Gasteiger partial charge in [-0.25, -0.2) is 8.42 Å². The van der Waals surface area contributed by atoms with Crippen molar-refractivity contribution in [3.05, 3.63) is 63.2 Å². The highest BCUT2D eigenvalue weighted by molar-refractivity contribution is 7.98. The zero-order chi connectivity index (χ0) is 17.9. The first-order valence-electron chi connectivity index (χ1n) is 6.79. The van der Waals surface area contributed by atoms with Crippen LogP contribution >= 0.6 is 23.4 Å². The first-order chi connectivity index (χ1) is 11.3. The Morgan fingerprint density at radius 2 is 1.83 bits per heavy atom. The average Bonchev–Trinajstić information content (AvgIpc) is 2.55. The van der Waals surface area contributed by atoms with Gasteiger partial charge in [0, 0.05) is 29.6 Å². The van der Waals surface area contributed by atoms with Gasteiger partial charge in [0.05, 0.1) is 4.92 Å². The molecule has 24 heavy (non-hydrogen) atoms. The van der Waals surface area contributed by atoms with E-state index in [2.05, 4.69) is 0 Å². The second-order valence-corrected chi connectivity index (χ2v) is 8.31. The van der Waals surface area contributed by atoms with Crippen LogP contribution in [0.2, 0.25) is 5.02 Å². The number of halogens is 1. The molecule has 0 heterocycles. The van der Waals surface area contributed by atoms with Crippen LogP contribution in [0.1, 0.15) is 5.56 Å². The molecule has 0 atom stereocenters. The first-order valence-corrected chi connectivity index (χ1v) is 9.83. The van der Waals surface area contributed by atoms with Gasteiger partial charge < -0.3 is 0 Å². The highest BCUT2D eigenvalue weighted by Gasteiger charge is 2.29. The smallest absolute Gasteiger partial charge is 0.258 e. The Kier molecular flexibility index (Phi) is 5.87. The van der Waals surface area contributed by atoms with Gasteiger partial charge in [-0.05, 0) is 36.1 Å². The fourth-order valence-electron chi connectivity index (χ4n) is 2.09. The van der Waals surface area contributed by atoms with Crippen LogP contribution in [0.25, 0.3) is 0 Å². The lowest BCUT2D eigenvalue weighted by Crippen LogP contribution is -2.27. The summed E-state index contributed by atoms with van der Waals surface area (Å²) in [5, 5.41) is 11.2. The summed E-state index contributed by atoms with van der Waals surface area (Å²) in [6.07, 6.45) is 1.95. The third kappa shape index (κ3) is 4.07. The quantitative estimate of drug-likeness (QED) is 0.428. The summed E-state index contributed by atoms with van der Waals surface area (Å²) in [5.41, 5.74) is 0.252. The van der Waals surface area contributed by atoms with Crippen molar-refractivity contribution >= 4 is 39.1 Å². The molecule has 0 bridgehead atoms. The van der Waals surface area contributed by atoms with E-state index in [1.54, 1.807) is 11.8 Å². The van der Waals surface area contributed by atoms with Gasteiger partial charge in [-0.3, -0.25) is 10.1 Å². The van der Waals surface area contributed by atoms with Gasteiger partial charge in [0.25, 0.3) is 5.69 Å². The van der Waals surface area contributed by atoms with Crippen LogP contribution < -0.4 is 0 Å². The van der Waals surface area contributed by atoms with E-state index in [4.69, 9.17) is 11.6 Å². The minimum Gasteiger partial charge on any atom is -0.258 e. The number of thioether (sulfide) groups is 1. The minimum atomic E-state index is -4.02. The van der Waals surface area contributed by atoms with Gasteiger partial charge in [0.1, 0.15) is 0 Å². The Hall–Kier alpha value is -1.61. The molecule has 0 aliphatic heterocycles. The average molecular weight is 387 g/mol. The van der Waals surface area contributed by atoms with Crippen molar-refractivity contribution in [3.63, 3.8) is 0 Å². The van der Waals surface area contributed by atoms with Crippen LogP contribution in [0.15, 0.2) is 52.3 Å². The number of sulfonamides is 1. The minimum absolute atomic E-state index is 0.107. The number of hydrogen-bond donors (Lipinski definition) is 0. The molecule has 2 aromatic carbocycles. The molecule has 0 unspecified atom stereocenters. The Labute approximate surface area is 149 Å². The number of nitrogens with zero attached hydrogens (tertiary/aromatic N) is 2. The lowest BCUT2D eigenvalue weighted by molar-refractivity contribution is -0.387. The van der Waals surface area contributed by atoms with Crippen molar-refractivity contribution < 1.29 is 13.3 Å². The SMILES string of the molecule is CSc1ccc(CN(C)S(=O)(=O)c2ccc(Cl)cc2[N+](=O)[O-])cc1. The number of benzene rings is 2. The number of rotatable bonds is 6. The zero-order valence-corrected chi connectivity index (χ0v) is 15.4. The first kappa shape index (κ1) is 18.7. The van der Waals surface area contributed by atoms with Crippen LogP contribution in [-0.4, -0.2) is 30.9 Å². The van der Waals surface area contributed by atoms with Gasteiger partial charge >= 0.3 is 0 Å². The molecule has 9 heteroatoms. The maximum Gasteiger partial charge on any atom is 0.290 e. The molecular weight excluding hydrogens is 372 g/mol. The lowest BCUT2D eigenvalue weighted by atomic mass is 10.2. The number of nitro groups is 1. The van der Waals surface area contributed by atoms with E-state index >= 15 is 0 Å². The van der Waals surface area contributed by atoms with E-state index in [1.165, 1.54) is 13.1 Å². The van der Waals surface area contributed by atoms with Crippen LogP contribution in [-0.2, 0) is 16.6 Å². The summed E-state index contributed by atoms with van der Waals surface area (Å²) in [5.74, 6) is 0. The second-order valence-electron chi connectivity index (χ2n) is 4.98. The van der Waals surface area contributed by atoms with E-state index in [0.29, 0.717) is 0 Å². The normalized spacial score (nSPS) is 11.7. The lowest BCUT2D eigenvalue weighted by Gasteiger charge is -2.17. The van der Waals surface area contributed by atoms with Crippen molar-refractivity contribution in [2.24, 2.45) is 0 Å². The van der Waals surface area contributed by atoms with Crippen molar-refractivity contribution in [1.82, 2.24) is 4.31 Å². The molecule has 0 saturated heterocycles. The van der Waals surface area contributed by atoms with Gasteiger partial charge in [-0.2, -0.15) is 4.31 Å². The fourth-order valence-corrected chi connectivity index (χ4v) is 3.96. The monoisotopic (exact) mass is 386 g/mol. The molecule has 2 rings (SSSR count). The Bertz CT molecular complexity index is 854. The molecule has 0 aromatic heterocycles. The summed E-state index contributed by atoms with van der Waals surface area (Å²) in [6.45, 7) is 0.108. The number of hydrogen-bond acceptors (Lipinski definition) is 5. The summed E-state index contributed by atoms with van der Waals surface area (Å²) in [6, 6.07) is 11.0. The standard InChI is InChI=1S/C15H15ClN2O4S2/c1-17(10-11-3-6-13(23-2)7-4-11)24(21,22)15-8-5-12(16)9-14(15)18(19)20/h3-9H,10H2,1-2H3. The third-order valence-electron chi connectivity index (χ3n) is 3.37. The highest BCUT2D eigenvalue weighted by atomic mass is 35.5.